The Balaban J connectivity index is 1.97. The number of nitrogens with two attached hydrogens (primary N) is 1. The first-order valence-electron chi connectivity index (χ1n) is 9.41. The number of nitrogens with zero attached hydrogens (tertiary/aromatic N) is 2. The molecule has 7 heteroatoms. The predicted octanol–water partition coefficient (Wildman–Crippen LogP) is 3.08. The molecule has 0 aliphatic carbocycles. The highest BCUT2D eigenvalue weighted by molar-refractivity contribution is 6.12. The van der Waals surface area contributed by atoms with Crippen LogP contribution in [0.25, 0.3) is 0 Å². The lowest BCUT2D eigenvalue weighted by molar-refractivity contribution is -0.113. The number of ketones is 1. The number of likely N-dealkylation sites (tertiary alicyclic amines) is 1. The normalized spacial score (nSPS) is 19.3. The average Bonchev–Trinajstić information content (AvgIpc) is 3.20. The summed E-state index contributed by atoms with van der Waals surface area (Å²) >= 11 is 0. The summed E-state index contributed by atoms with van der Waals surface area (Å²) in [5, 5.41) is 0. The summed E-state index contributed by atoms with van der Waals surface area (Å²) in [6.07, 6.45) is 1.69. The largest absolute Gasteiger partial charge is 0.396 e. The van der Waals surface area contributed by atoms with Crippen LogP contribution < -0.4 is 5.73 Å². The van der Waals surface area contributed by atoms with E-state index in [2.05, 4.69) is 4.98 Å². The number of aliphatic imine (C=N–C) groups is 1. The first-order chi connectivity index (χ1) is 13.7. The van der Waals surface area contributed by atoms with Crippen LogP contribution in [0.4, 0.5) is 4.39 Å². The Kier molecular flexibility index (Phi) is 5.68. The van der Waals surface area contributed by atoms with Gasteiger partial charge >= 0.3 is 0 Å². The minimum Gasteiger partial charge on any atom is -0.396 e. The van der Waals surface area contributed by atoms with E-state index < -0.39 is 5.41 Å². The van der Waals surface area contributed by atoms with E-state index in [9.17, 15) is 14.0 Å². The molecule has 1 fully saturated rings. The highest BCUT2D eigenvalue weighted by atomic mass is 19.1. The second-order valence-electron chi connectivity index (χ2n) is 7.87. The van der Waals surface area contributed by atoms with Crippen LogP contribution in [0.5, 0.6) is 0 Å². The number of piperidine rings is 1. The van der Waals surface area contributed by atoms with Gasteiger partial charge in [0.15, 0.2) is 5.78 Å². The van der Waals surface area contributed by atoms with E-state index in [0.717, 1.165) is 5.56 Å². The summed E-state index contributed by atoms with van der Waals surface area (Å²) < 4.78 is 13.2. The number of Topliss-reactive ketones (excluding diaryl/α,β-unsaturated/α-hetero) is 1. The minimum absolute atomic E-state index is 0.111. The van der Waals surface area contributed by atoms with Crippen molar-refractivity contribution in [2.75, 3.05) is 13.1 Å². The number of benzene rings is 1. The fourth-order valence-electron chi connectivity index (χ4n) is 3.55. The van der Waals surface area contributed by atoms with Gasteiger partial charge in [0.25, 0.3) is 5.91 Å². The van der Waals surface area contributed by atoms with Gasteiger partial charge in [-0.3, -0.25) is 14.6 Å². The van der Waals surface area contributed by atoms with Gasteiger partial charge in [0.1, 0.15) is 11.5 Å². The molecule has 0 radical (unpaired) electrons. The lowest BCUT2D eigenvalue weighted by atomic mass is 9.78. The van der Waals surface area contributed by atoms with E-state index in [0.29, 0.717) is 30.1 Å². The molecular weight excluding hydrogens is 371 g/mol. The molecule has 6 nitrogen and oxygen atoms in total. The maximum atomic E-state index is 13.2. The molecule has 1 aliphatic rings. The van der Waals surface area contributed by atoms with Gasteiger partial charge in [-0.1, -0.05) is 26.0 Å². The van der Waals surface area contributed by atoms with Crippen molar-refractivity contribution in [1.82, 2.24) is 9.88 Å². The molecule has 0 atom stereocenters. The molecule has 1 saturated heterocycles. The fourth-order valence-corrected chi connectivity index (χ4v) is 3.55. The average molecular weight is 396 g/mol. The van der Waals surface area contributed by atoms with E-state index >= 15 is 0 Å². The zero-order chi connectivity index (χ0) is 21.2. The van der Waals surface area contributed by atoms with Crippen molar-refractivity contribution in [3.63, 3.8) is 0 Å². The Bertz CT molecular complexity index is 973. The number of aromatic amines is 1. The third-order valence-corrected chi connectivity index (χ3v) is 5.02. The van der Waals surface area contributed by atoms with Crippen LogP contribution in [0.2, 0.25) is 0 Å². The van der Waals surface area contributed by atoms with Gasteiger partial charge in [-0.15, -0.1) is 0 Å². The Labute approximate surface area is 169 Å². The lowest BCUT2D eigenvalue weighted by Gasteiger charge is -2.41. The Morgan fingerprint density at radius 3 is 2.52 bits per heavy atom. The van der Waals surface area contributed by atoms with Crippen LogP contribution in [0, 0.1) is 11.2 Å². The third kappa shape index (κ3) is 4.45. The van der Waals surface area contributed by atoms with Crippen LogP contribution in [0.3, 0.4) is 0 Å². The number of hydrogen-bond donors (Lipinski definition) is 2. The number of aromatic nitrogens is 1. The highest BCUT2D eigenvalue weighted by Gasteiger charge is 2.39. The molecule has 1 aliphatic heterocycles. The van der Waals surface area contributed by atoms with Crippen molar-refractivity contribution in [3.8, 4) is 0 Å². The topological polar surface area (TPSA) is 91.5 Å². The van der Waals surface area contributed by atoms with Crippen molar-refractivity contribution in [1.29, 1.82) is 0 Å². The van der Waals surface area contributed by atoms with Crippen LogP contribution in [-0.2, 0) is 11.3 Å². The number of nitrogens with one attached hydrogen (secondary N) is 1. The first-order valence-corrected chi connectivity index (χ1v) is 9.41. The Morgan fingerprint density at radius 2 is 1.93 bits per heavy atom. The molecule has 2 heterocycles. The Hall–Kier alpha value is -3.22. The monoisotopic (exact) mass is 396 g/mol. The quantitative estimate of drug-likeness (QED) is 0.778. The zero-order valence-electron chi connectivity index (χ0n) is 16.8. The summed E-state index contributed by atoms with van der Waals surface area (Å²) in [5.74, 6) is -0.728. The van der Waals surface area contributed by atoms with E-state index in [1.54, 1.807) is 35.4 Å². The van der Waals surface area contributed by atoms with E-state index in [-0.39, 0.29) is 29.7 Å². The molecule has 0 bridgehead atoms. The van der Waals surface area contributed by atoms with Crippen LogP contribution in [0.1, 0.15) is 36.8 Å². The van der Waals surface area contributed by atoms with Gasteiger partial charge < -0.3 is 15.6 Å². The van der Waals surface area contributed by atoms with Crippen LogP contribution >= 0.6 is 0 Å². The number of H-pyrrole nitrogens is 1. The molecule has 0 unspecified atom stereocenters. The van der Waals surface area contributed by atoms with Crippen LogP contribution in [-0.4, -0.2) is 40.4 Å². The molecule has 152 valence electrons. The van der Waals surface area contributed by atoms with Crippen molar-refractivity contribution in [3.05, 3.63) is 70.9 Å². The van der Waals surface area contributed by atoms with Crippen LogP contribution in [0.15, 0.2) is 58.9 Å². The smallest absolute Gasteiger partial charge is 0.270 e. The van der Waals surface area contributed by atoms with Gasteiger partial charge in [0.2, 0.25) is 0 Å². The first kappa shape index (κ1) is 20.5. The van der Waals surface area contributed by atoms with Gasteiger partial charge in [0, 0.05) is 36.4 Å². The third-order valence-electron chi connectivity index (χ3n) is 5.02. The predicted molar refractivity (Wildman–Crippen MR) is 110 cm³/mol. The molecule has 29 heavy (non-hydrogen) atoms. The lowest BCUT2D eigenvalue weighted by Crippen LogP contribution is -2.51. The summed E-state index contributed by atoms with van der Waals surface area (Å²) in [6.45, 7) is 6.31. The van der Waals surface area contributed by atoms with E-state index in [1.807, 2.05) is 13.8 Å². The molecule has 0 spiro atoms. The zero-order valence-corrected chi connectivity index (χ0v) is 16.8. The number of hydrogen-bond acceptors (Lipinski definition) is 4. The van der Waals surface area contributed by atoms with Gasteiger partial charge in [0.05, 0.1) is 18.8 Å². The Morgan fingerprint density at radius 1 is 1.24 bits per heavy atom. The van der Waals surface area contributed by atoms with Gasteiger partial charge in [-0.2, -0.15) is 0 Å². The molecule has 1 amide bonds. The van der Waals surface area contributed by atoms with Crippen molar-refractivity contribution in [2.45, 2.75) is 27.3 Å². The van der Waals surface area contributed by atoms with Crippen molar-refractivity contribution in [2.24, 2.45) is 16.1 Å². The number of rotatable bonds is 4. The molecule has 0 saturated carbocycles. The molecule has 1 aromatic carbocycles. The number of halogens is 1. The number of carbonyl (C=O) groups is 2. The van der Waals surface area contributed by atoms with Crippen molar-refractivity contribution < 1.29 is 14.0 Å². The molecule has 3 rings (SSSR count). The highest BCUT2D eigenvalue weighted by Crippen LogP contribution is 2.32. The molecule has 3 N–H and O–H groups in total. The maximum absolute atomic E-state index is 13.2. The number of amides is 1. The molecular formula is C22H25FN4O2. The van der Waals surface area contributed by atoms with E-state index in [4.69, 9.17) is 10.7 Å². The molecule has 2 aromatic rings. The number of allylic oxidation sites excluding steroid dienone is 1. The summed E-state index contributed by atoms with van der Waals surface area (Å²) in [6, 6.07) is 9.60. The minimum atomic E-state index is -0.518. The SMILES string of the molecule is CC(=O)/C(N)=C1\CN(C(=O)c2ccc[nH]2)CC(C)(C)C1=NCc1ccc(F)cc1. The maximum Gasteiger partial charge on any atom is 0.270 e. The summed E-state index contributed by atoms with van der Waals surface area (Å²) in [4.78, 5) is 34.2. The standard InChI is InChI=1S/C22H25FN4O2/c1-14(28)19(24)17-12-27(21(29)18-5-4-10-25-18)13-22(2,3)20(17)26-11-15-6-8-16(23)9-7-15/h4-10,25H,11-13,24H2,1-3H3/b19-17-,26-20?. The fraction of sp³-hybridized carbons (Fsp3) is 0.318. The number of carbonyl (C=O) groups excluding carboxylic acids is 2. The van der Waals surface area contributed by atoms with Gasteiger partial charge in [-0.05, 0) is 29.8 Å². The second-order valence-corrected chi connectivity index (χ2v) is 7.87. The second kappa shape index (κ2) is 8.03. The van der Waals surface area contributed by atoms with Gasteiger partial charge in [-0.25, -0.2) is 4.39 Å². The summed E-state index contributed by atoms with van der Waals surface area (Å²) in [5.41, 5.74) is 8.31. The molecule has 1 aromatic heterocycles. The van der Waals surface area contributed by atoms with E-state index in [1.165, 1.54) is 19.1 Å². The summed E-state index contributed by atoms with van der Waals surface area (Å²) in [7, 11) is 0. The van der Waals surface area contributed by atoms with Crippen molar-refractivity contribution >= 4 is 17.4 Å².